The summed E-state index contributed by atoms with van der Waals surface area (Å²) in [6.07, 6.45) is 3.87. The highest BCUT2D eigenvalue weighted by Gasteiger charge is 2.23. The Morgan fingerprint density at radius 2 is 2.08 bits per heavy atom. The van der Waals surface area contributed by atoms with Gasteiger partial charge in [-0.3, -0.25) is 4.79 Å². The number of benzene rings is 2. The van der Waals surface area contributed by atoms with Gasteiger partial charge in [0.1, 0.15) is 5.52 Å². The summed E-state index contributed by atoms with van der Waals surface area (Å²) in [5, 5.41) is 0. The fraction of sp³-hybridized carbons (Fsp3) is 0.333. The minimum atomic E-state index is 0.210. The second kappa shape index (κ2) is 6.71. The summed E-state index contributed by atoms with van der Waals surface area (Å²) in [4.78, 5) is 19.2. The van der Waals surface area contributed by atoms with Crippen molar-refractivity contribution in [3.05, 3.63) is 54.1 Å². The van der Waals surface area contributed by atoms with Crippen molar-refractivity contribution in [1.29, 1.82) is 0 Å². The first-order chi connectivity index (χ1) is 12.2. The van der Waals surface area contributed by atoms with Gasteiger partial charge in [0.2, 0.25) is 11.8 Å². The van der Waals surface area contributed by atoms with Crippen LogP contribution in [0.2, 0.25) is 0 Å². The molecule has 0 spiro atoms. The van der Waals surface area contributed by atoms with Crippen LogP contribution in [0.15, 0.2) is 52.9 Å². The molecule has 1 aromatic heterocycles. The van der Waals surface area contributed by atoms with Crippen molar-refractivity contribution >= 4 is 17.0 Å². The van der Waals surface area contributed by atoms with E-state index in [2.05, 4.69) is 11.9 Å². The molecule has 1 atom stereocenters. The molecule has 4 rings (SSSR count). The van der Waals surface area contributed by atoms with Crippen molar-refractivity contribution in [1.82, 2.24) is 9.88 Å². The lowest BCUT2D eigenvalue weighted by Crippen LogP contribution is -2.42. The van der Waals surface area contributed by atoms with Crippen molar-refractivity contribution in [2.45, 2.75) is 38.6 Å². The molecule has 128 valence electrons. The van der Waals surface area contributed by atoms with Crippen molar-refractivity contribution < 1.29 is 9.21 Å². The lowest BCUT2D eigenvalue weighted by molar-refractivity contribution is -0.133. The molecule has 1 saturated heterocycles. The molecule has 0 bridgehead atoms. The Labute approximate surface area is 147 Å². The van der Waals surface area contributed by atoms with Crippen LogP contribution in [0.5, 0.6) is 0 Å². The zero-order valence-corrected chi connectivity index (χ0v) is 14.4. The summed E-state index contributed by atoms with van der Waals surface area (Å²) in [6, 6.07) is 16.0. The number of fused-ring (bicyclic) bond motifs is 1. The number of rotatable bonds is 3. The summed E-state index contributed by atoms with van der Waals surface area (Å²) in [6.45, 7) is 3.02. The summed E-state index contributed by atoms with van der Waals surface area (Å²) in [5.41, 5.74) is 3.54. The highest BCUT2D eigenvalue weighted by Crippen LogP contribution is 2.25. The van der Waals surface area contributed by atoms with Crippen LogP contribution in [0, 0.1) is 0 Å². The molecule has 0 aliphatic carbocycles. The molecule has 1 aliphatic rings. The Morgan fingerprint density at radius 1 is 1.20 bits per heavy atom. The smallest absolute Gasteiger partial charge is 0.227 e. The molecule has 1 aliphatic heterocycles. The standard InChI is InChI=1S/C21H22N2O2/c1-15-7-4-5-12-23(15)20(24)14-16-8-6-9-17(13-16)21-22-18-10-2-3-11-19(18)25-21/h2-3,6,8-11,13,15H,4-5,7,12,14H2,1H3. The van der Waals surface area contributed by atoms with Crippen molar-refractivity contribution in [3.8, 4) is 11.5 Å². The Bertz CT molecular complexity index is 867. The molecule has 4 heteroatoms. The van der Waals surface area contributed by atoms with E-state index in [9.17, 15) is 4.79 Å². The van der Waals surface area contributed by atoms with Gasteiger partial charge in [-0.05, 0) is 56.0 Å². The predicted molar refractivity (Wildman–Crippen MR) is 98.2 cm³/mol. The molecule has 25 heavy (non-hydrogen) atoms. The van der Waals surface area contributed by atoms with Crippen LogP contribution < -0.4 is 0 Å². The van der Waals surface area contributed by atoms with E-state index in [0.29, 0.717) is 18.4 Å². The Hall–Kier alpha value is -2.62. The van der Waals surface area contributed by atoms with Crippen LogP contribution in [0.4, 0.5) is 0 Å². The average molecular weight is 334 g/mol. The fourth-order valence-electron chi connectivity index (χ4n) is 3.55. The summed E-state index contributed by atoms with van der Waals surface area (Å²) < 4.78 is 5.84. The molecule has 1 fully saturated rings. The van der Waals surface area contributed by atoms with E-state index in [0.717, 1.165) is 41.6 Å². The third-order valence-corrected chi connectivity index (χ3v) is 4.95. The lowest BCUT2D eigenvalue weighted by Gasteiger charge is -2.33. The minimum absolute atomic E-state index is 0.210. The topological polar surface area (TPSA) is 46.3 Å². The monoisotopic (exact) mass is 334 g/mol. The lowest BCUT2D eigenvalue weighted by atomic mass is 10.0. The van der Waals surface area contributed by atoms with Crippen molar-refractivity contribution in [3.63, 3.8) is 0 Å². The summed E-state index contributed by atoms with van der Waals surface area (Å²) >= 11 is 0. The molecule has 2 heterocycles. The normalized spacial score (nSPS) is 17.8. The number of hydrogen-bond acceptors (Lipinski definition) is 3. The Kier molecular flexibility index (Phi) is 4.26. The molecule has 3 aromatic rings. The van der Waals surface area contributed by atoms with Crippen LogP contribution >= 0.6 is 0 Å². The van der Waals surface area contributed by atoms with Gasteiger partial charge in [-0.25, -0.2) is 4.98 Å². The number of carbonyl (C=O) groups excluding carboxylic acids is 1. The molecular weight excluding hydrogens is 312 g/mol. The molecule has 1 amide bonds. The number of amides is 1. The van der Waals surface area contributed by atoms with Crippen LogP contribution in [-0.2, 0) is 11.2 Å². The number of para-hydroxylation sites is 2. The first-order valence-corrected chi connectivity index (χ1v) is 8.95. The van der Waals surface area contributed by atoms with Crippen LogP contribution in [0.3, 0.4) is 0 Å². The van der Waals surface area contributed by atoms with E-state index in [1.165, 1.54) is 6.42 Å². The second-order valence-corrected chi connectivity index (χ2v) is 6.80. The number of likely N-dealkylation sites (tertiary alicyclic amines) is 1. The number of oxazole rings is 1. The van der Waals surface area contributed by atoms with E-state index >= 15 is 0 Å². The van der Waals surface area contributed by atoms with Crippen molar-refractivity contribution in [2.75, 3.05) is 6.54 Å². The van der Waals surface area contributed by atoms with E-state index in [1.807, 2.05) is 53.4 Å². The quantitative estimate of drug-likeness (QED) is 0.711. The largest absolute Gasteiger partial charge is 0.436 e. The number of piperidine rings is 1. The van der Waals surface area contributed by atoms with Crippen LogP contribution in [0.1, 0.15) is 31.7 Å². The zero-order valence-electron chi connectivity index (χ0n) is 14.4. The molecule has 0 saturated carbocycles. The molecule has 1 unspecified atom stereocenters. The van der Waals surface area contributed by atoms with E-state index < -0.39 is 0 Å². The highest BCUT2D eigenvalue weighted by molar-refractivity contribution is 5.80. The highest BCUT2D eigenvalue weighted by atomic mass is 16.3. The first kappa shape index (κ1) is 15.9. The average Bonchev–Trinajstić information content (AvgIpc) is 3.06. The maximum Gasteiger partial charge on any atom is 0.227 e. The van der Waals surface area contributed by atoms with Gasteiger partial charge in [0.15, 0.2) is 5.58 Å². The van der Waals surface area contributed by atoms with Gasteiger partial charge in [0.05, 0.1) is 6.42 Å². The van der Waals surface area contributed by atoms with Crippen LogP contribution in [-0.4, -0.2) is 28.4 Å². The van der Waals surface area contributed by atoms with E-state index in [1.54, 1.807) is 0 Å². The van der Waals surface area contributed by atoms with Crippen molar-refractivity contribution in [2.24, 2.45) is 0 Å². The predicted octanol–water partition coefficient (Wildman–Crippen LogP) is 4.44. The third kappa shape index (κ3) is 3.29. The van der Waals surface area contributed by atoms with Gasteiger partial charge in [-0.1, -0.05) is 24.3 Å². The first-order valence-electron chi connectivity index (χ1n) is 8.95. The second-order valence-electron chi connectivity index (χ2n) is 6.80. The number of nitrogens with zero attached hydrogens (tertiary/aromatic N) is 2. The van der Waals surface area contributed by atoms with Gasteiger partial charge in [-0.15, -0.1) is 0 Å². The SMILES string of the molecule is CC1CCCCN1C(=O)Cc1cccc(-c2nc3ccccc3o2)c1. The zero-order chi connectivity index (χ0) is 17.2. The number of hydrogen-bond donors (Lipinski definition) is 0. The Balaban J connectivity index is 1.56. The van der Waals surface area contributed by atoms with Gasteiger partial charge < -0.3 is 9.32 Å². The minimum Gasteiger partial charge on any atom is -0.436 e. The van der Waals surface area contributed by atoms with E-state index in [-0.39, 0.29) is 5.91 Å². The number of carbonyl (C=O) groups is 1. The summed E-state index contributed by atoms with van der Waals surface area (Å²) in [7, 11) is 0. The van der Waals surface area contributed by atoms with Gasteiger partial charge in [0, 0.05) is 18.2 Å². The molecule has 4 nitrogen and oxygen atoms in total. The maximum atomic E-state index is 12.7. The van der Waals surface area contributed by atoms with Gasteiger partial charge in [0.25, 0.3) is 0 Å². The third-order valence-electron chi connectivity index (χ3n) is 4.95. The molecule has 0 N–H and O–H groups in total. The Morgan fingerprint density at radius 3 is 2.92 bits per heavy atom. The van der Waals surface area contributed by atoms with E-state index in [4.69, 9.17) is 4.42 Å². The van der Waals surface area contributed by atoms with Crippen LogP contribution in [0.25, 0.3) is 22.6 Å². The molecule has 2 aromatic carbocycles. The molecular formula is C21H22N2O2. The molecule has 0 radical (unpaired) electrons. The fourth-order valence-corrected chi connectivity index (χ4v) is 3.55. The summed E-state index contributed by atoms with van der Waals surface area (Å²) in [5.74, 6) is 0.809. The van der Waals surface area contributed by atoms with Gasteiger partial charge >= 0.3 is 0 Å². The van der Waals surface area contributed by atoms with Gasteiger partial charge in [-0.2, -0.15) is 0 Å². The maximum absolute atomic E-state index is 12.7. The number of aromatic nitrogens is 1.